The summed E-state index contributed by atoms with van der Waals surface area (Å²) in [5.74, 6) is 0.390. The lowest BCUT2D eigenvalue weighted by atomic mass is 10.1. The summed E-state index contributed by atoms with van der Waals surface area (Å²) in [6.07, 6.45) is 2.60. The average Bonchev–Trinajstić information content (AvgIpc) is 2.49. The molecule has 0 spiro atoms. The van der Waals surface area contributed by atoms with Crippen molar-refractivity contribution in [3.63, 3.8) is 0 Å². The van der Waals surface area contributed by atoms with E-state index in [0.29, 0.717) is 5.75 Å². The molecule has 0 aliphatic carbocycles. The van der Waals surface area contributed by atoms with Crippen molar-refractivity contribution in [1.29, 1.82) is 0 Å². The quantitative estimate of drug-likeness (QED) is 0.856. The molecule has 0 aliphatic rings. The lowest BCUT2D eigenvalue weighted by Gasteiger charge is -2.15. The van der Waals surface area contributed by atoms with Gasteiger partial charge in [0.25, 0.3) is 0 Å². The van der Waals surface area contributed by atoms with E-state index in [1.165, 1.54) is 6.07 Å². The van der Waals surface area contributed by atoms with Gasteiger partial charge in [-0.1, -0.05) is 19.9 Å². The van der Waals surface area contributed by atoms with Crippen LogP contribution >= 0.6 is 0 Å². The summed E-state index contributed by atoms with van der Waals surface area (Å²) in [5.41, 5.74) is 1.92. The molecule has 1 N–H and O–H groups in total. The second kappa shape index (κ2) is 7.18. The lowest BCUT2D eigenvalue weighted by Crippen LogP contribution is -2.20. The summed E-state index contributed by atoms with van der Waals surface area (Å²) in [6.45, 7) is 6.98. The Labute approximate surface area is 125 Å². The van der Waals surface area contributed by atoms with Crippen LogP contribution in [0.1, 0.15) is 37.6 Å². The minimum absolute atomic E-state index is 0.225. The van der Waals surface area contributed by atoms with Gasteiger partial charge in [0.2, 0.25) is 0 Å². The van der Waals surface area contributed by atoms with Gasteiger partial charge in [0.1, 0.15) is 5.75 Å². The predicted octanol–water partition coefficient (Wildman–Crippen LogP) is 4.38. The Bertz CT molecular complexity index is 584. The lowest BCUT2D eigenvalue weighted by molar-refractivity contribution is 0.438. The van der Waals surface area contributed by atoms with Gasteiger partial charge in [0.15, 0.2) is 11.6 Å². The zero-order chi connectivity index (χ0) is 15.2. The van der Waals surface area contributed by atoms with E-state index in [1.807, 2.05) is 19.1 Å². The third-order valence-corrected chi connectivity index (χ3v) is 3.29. The highest BCUT2D eigenvalue weighted by Crippen LogP contribution is 2.26. The van der Waals surface area contributed by atoms with Crippen LogP contribution in [0.3, 0.4) is 0 Å². The number of halogens is 1. The van der Waals surface area contributed by atoms with Crippen LogP contribution < -0.4 is 10.1 Å². The molecule has 3 nitrogen and oxygen atoms in total. The smallest absolute Gasteiger partial charge is 0.165 e. The number of hydrogen-bond acceptors (Lipinski definition) is 3. The van der Waals surface area contributed by atoms with Crippen LogP contribution in [0.15, 0.2) is 36.5 Å². The van der Waals surface area contributed by atoms with E-state index >= 15 is 0 Å². The fourth-order valence-electron chi connectivity index (χ4n) is 2.18. The van der Waals surface area contributed by atoms with Gasteiger partial charge in [0, 0.05) is 6.04 Å². The molecule has 0 aliphatic heterocycles. The van der Waals surface area contributed by atoms with Crippen LogP contribution in [0.2, 0.25) is 0 Å². The molecular formula is C17H21FN2O. The molecule has 0 saturated carbocycles. The third kappa shape index (κ3) is 4.02. The molecule has 112 valence electrons. The predicted molar refractivity (Wildman–Crippen MR) is 82.2 cm³/mol. The molecular weight excluding hydrogens is 267 g/mol. The topological polar surface area (TPSA) is 34.1 Å². The van der Waals surface area contributed by atoms with Crippen molar-refractivity contribution in [3.8, 4) is 11.5 Å². The Morgan fingerprint density at radius 2 is 2.05 bits per heavy atom. The number of nitrogens with one attached hydrogen (secondary N) is 1. The fourth-order valence-corrected chi connectivity index (χ4v) is 2.18. The minimum Gasteiger partial charge on any atom is -0.453 e. The van der Waals surface area contributed by atoms with Crippen LogP contribution in [0, 0.1) is 12.7 Å². The van der Waals surface area contributed by atoms with Gasteiger partial charge in [-0.05, 0) is 49.7 Å². The van der Waals surface area contributed by atoms with E-state index in [9.17, 15) is 4.39 Å². The molecule has 0 fully saturated rings. The SMILES string of the molecule is CCNC(CC)c1ccc(Oc2cc(C)ccc2F)cn1. The summed E-state index contributed by atoms with van der Waals surface area (Å²) < 4.78 is 19.2. The van der Waals surface area contributed by atoms with E-state index < -0.39 is 0 Å². The summed E-state index contributed by atoms with van der Waals surface area (Å²) >= 11 is 0. The van der Waals surface area contributed by atoms with Crippen molar-refractivity contribution in [2.24, 2.45) is 0 Å². The van der Waals surface area contributed by atoms with Crippen molar-refractivity contribution in [1.82, 2.24) is 10.3 Å². The molecule has 1 heterocycles. The number of pyridine rings is 1. The normalized spacial score (nSPS) is 12.2. The number of hydrogen-bond donors (Lipinski definition) is 1. The number of nitrogens with zero attached hydrogens (tertiary/aromatic N) is 1. The van der Waals surface area contributed by atoms with Gasteiger partial charge < -0.3 is 10.1 Å². The second-order valence-corrected chi connectivity index (χ2v) is 4.97. The van der Waals surface area contributed by atoms with Crippen LogP contribution in [0.4, 0.5) is 4.39 Å². The molecule has 1 aromatic carbocycles. The van der Waals surface area contributed by atoms with Crippen LogP contribution in [-0.2, 0) is 0 Å². The van der Waals surface area contributed by atoms with E-state index in [4.69, 9.17) is 4.74 Å². The number of aromatic nitrogens is 1. The molecule has 2 rings (SSSR count). The van der Waals surface area contributed by atoms with E-state index in [2.05, 4.69) is 24.1 Å². The Morgan fingerprint density at radius 1 is 1.24 bits per heavy atom. The van der Waals surface area contributed by atoms with Crippen LogP contribution in [0.5, 0.6) is 11.5 Å². The van der Waals surface area contributed by atoms with Crippen molar-refractivity contribution in [2.75, 3.05) is 6.54 Å². The fraction of sp³-hybridized carbons (Fsp3) is 0.353. The number of ether oxygens (including phenoxy) is 1. The van der Waals surface area contributed by atoms with E-state index in [0.717, 1.165) is 24.2 Å². The Hall–Kier alpha value is -1.94. The van der Waals surface area contributed by atoms with Gasteiger partial charge >= 0.3 is 0 Å². The van der Waals surface area contributed by atoms with Gasteiger partial charge in [-0.2, -0.15) is 0 Å². The zero-order valence-electron chi connectivity index (χ0n) is 12.7. The van der Waals surface area contributed by atoms with Crippen molar-refractivity contribution in [3.05, 3.63) is 53.6 Å². The molecule has 0 saturated heterocycles. The molecule has 1 atom stereocenters. The van der Waals surface area contributed by atoms with Crippen molar-refractivity contribution < 1.29 is 9.13 Å². The maximum Gasteiger partial charge on any atom is 0.165 e. The van der Waals surface area contributed by atoms with Gasteiger partial charge in [-0.25, -0.2) is 4.39 Å². The first kappa shape index (κ1) is 15.4. The highest BCUT2D eigenvalue weighted by Gasteiger charge is 2.10. The van der Waals surface area contributed by atoms with Crippen molar-refractivity contribution >= 4 is 0 Å². The average molecular weight is 288 g/mol. The van der Waals surface area contributed by atoms with Gasteiger partial charge in [-0.15, -0.1) is 0 Å². The molecule has 4 heteroatoms. The summed E-state index contributed by atoms with van der Waals surface area (Å²) in [7, 11) is 0. The second-order valence-electron chi connectivity index (χ2n) is 4.97. The third-order valence-electron chi connectivity index (χ3n) is 3.29. The van der Waals surface area contributed by atoms with Crippen LogP contribution in [0.25, 0.3) is 0 Å². The maximum atomic E-state index is 13.7. The van der Waals surface area contributed by atoms with Crippen LogP contribution in [-0.4, -0.2) is 11.5 Å². The standard InChI is InChI=1S/C17H21FN2O/c1-4-15(19-5-2)16-9-7-13(11-20-16)21-17-10-12(3)6-8-14(17)18/h6-11,15,19H,4-5H2,1-3H3. The first-order valence-corrected chi connectivity index (χ1v) is 7.27. The Balaban J connectivity index is 2.13. The van der Waals surface area contributed by atoms with Gasteiger partial charge in [0.05, 0.1) is 11.9 Å². The summed E-state index contributed by atoms with van der Waals surface area (Å²) in [5, 5.41) is 3.37. The number of aryl methyl sites for hydroxylation is 1. The first-order chi connectivity index (χ1) is 10.1. The Kier molecular flexibility index (Phi) is 5.28. The summed E-state index contributed by atoms with van der Waals surface area (Å²) in [6, 6.07) is 8.77. The molecule has 1 unspecified atom stereocenters. The Morgan fingerprint density at radius 3 is 2.67 bits per heavy atom. The number of benzene rings is 1. The van der Waals surface area contributed by atoms with Crippen molar-refractivity contribution in [2.45, 2.75) is 33.2 Å². The maximum absolute atomic E-state index is 13.7. The summed E-state index contributed by atoms with van der Waals surface area (Å²) in [4.78, 5) is 4.41. The first-order valence-electron chi connectivity index (χ1n) is 7.27. The number of rotatable bonds is 6. The minimum atomic E-state index is -0.372. The largest absolute Gasteiger partial charge is 0.453 e. The molecule has 2 aromatic rings. The molecule has 1 aromatic heterocycles. The van der Waals surface area contributed by atoms with E-state index in [1.54, 1.807) is 18.3 Å². The molecule has 0 radical (unpaired) electrons. The van der Waals surface area contributed by atoms with E-state index in [-0.39, 0.29) is 17.6 Å². The monoisotopic (exact) mass is 288 g/mol. The molecule has 21 heavy (non-hydrogen) atoms. The highest BCUT2D eigenvalue weighted by atomic mass is 19.1. The zero-order valence-corrected chi connectivity index (χ0v) is 12.7. The molecule has 0 amide bonds. The molecule has 0 bridgehead atoms. The highest BCUT2D eigenvalue weighted by molar-refractivity contribution is 5.34. The van der Waals surface area contributed by atoms with Gasteiger partial charge in [-0.3, -0.25) is 4.98 Å².